The zero-order valence-corrected chi connectivity index (χ0v) is 19.6. The molecule has 7 heteroatoms. The average molecular weight is 464 g/mol. The van der Waals surface area contributed by atoms with Gasteiger partial charge < -0.3 is 24.3 Å². The van der Waals surface area contributed by atoms with Crippen molar-refractivity contribution in [2.75, 3.05) is 27.4 Å². The highest BCUT2D eigenvalue weighted by Crippen LogP contribution is 2.26. The van der Waals surface area contributed by atoms with Crippen LogP contribution in [0.3, 0.4) is 0 Å². The number of rotatable bonds is 11. The van der Waals surface area contributed by atoms with Crippen LogP contribution in [0, 0.1) is 0 Å². The maximum atomic E-state index is 12.6. The molecule has 178 valence electrons. The summed E-state index contributed by atoms with van der Waals surface area (Å²) in [5.41, 5.74) is 2.88. The number of esters is 1. The van der Waals surface area contributed by atoms with Crippen LogP contribution >= 0.6 is 0 Å². The minimum Gasteiger partial charge on any atom is -0.497 e. The van der Waals surface area contributed by atoms with Gasteiger partial charge in [0, 0.05) is 0 Å². The molecule has 3 aromatic carbocycles. The van der Waals surface area contributed by atoms with E-state index in [1.54, 1.807) is 26.4 Å². The minimum atomic E-state index is -0.625. The van der Waals surface area contributed by atoms with E-state index < -0.39 is 24.5 Å². The molecule has 0 saturated carbocycles. The first-order chi connectivity index (χ1) is 16.5. The molecule has 0 heterocycles. The third-order valence-corrected chi connectivity index (χ3v) is 5.26. The Bertz CT molecular complexity index is 1010. The molecule has 0 saturated heterocycles. The summed E-state index contributed by atoms with van der Waals surface area (Å²) in [4.78, 5) is 24.7. The van der Waals surface area contributed by atoms with Crippen molar-refractivity contribution in [3.05, 3.63) is 89.5 Å². The standard InChI is InChI=1S/C27H29NO6/c1-4-19-5-11-24(12-6-19)33-18-26(30)34-17-25(29)28-27(20-7-13-22(31-2)14-8-20)21-9-15-23(32-3)16-10-21/h5-16,27H,4,17-18H2,1-3H3,(H,28,29). The van der Waals surface area contributed by atoms with E-state index in [1.807, 2.05) is 60.7 Å². The summed E-state index contributed by atoms with van der Waals surface area (Å²) in [6.45, 7) is 1.37. The first kappa shape index (κ1) is 24.6. The van der Waals surface area contributed by atoms with E-state index in [4.69, 9.17) is 18.9 Å². The Hall–Kier alpha value is -4.00. The van der Waals surface area contributed by atoms with E-state index in [9.17, 15) is 9.59 Å². The van der Waals surface area contributed by atoms with Crippen molar-refractivity contribution in [3.63, 3.8) is 0 Å². The van der Waals surface area contributed by atoms with Crippen LogP contribution in [-0.2, 0) is 20.7 Å². The van der Waals surface area contributed by atoms with Gasteiger partial charge in [-0.15, -0.1) is 0 Å². The zero-order valence-electron chi connectivity index (χ0n) is 19.6. The molecule has 1 amide bonds. The Morgan fingerprint density at radius 2 is 1.24 bits per heavy atom. The third kappa shape index (κ3) is 7.00. The van der Waals surface area contributed by atoms with Crippen LogP contribution in [0.5, 0.6) is 17.2 Å². The fourth-order valence-corrected chi connectivity index (χ4v) is 3.31. The second-order valence-corrected chi connectivity index (χ2v) is 7.49. The van der Waals surface area contributed by atoms with Gasteiger partial charge in [0.15, 0.2) is 13.2 Å². The quantitative estimate of drug-likeness (QED) is 0.431. The maximum absolute atomic E-state index is 12.6. The van der Waals surface area contributed by atoms with Gasteiger partial charge in [-0.3, -0.25) is 4.79 Å². The van der Waals surface area contributed by atoms with Crippen LogP contribution in [0.15, 0.2) is 72.8 Å². The molecule has 0 aliphatic rings. The molecule has 0 aliphatic heterocycles. The van der Waals surface area contributed by atoms with Crippen LogP contribution in [0.1, 0.15) is 29.7 Å². The summed E-state index contributed by atoms with van der Waals surface area (Å²) in [6.07, 6.45) is 0.922. The Morgan fingerprint density at radius 1 is 0.735 bits per heavy atom. The van der Waals surface area contributed by atoms with E-state index in [0.29, 0.717) is 17.2 Å². The van der Waals surface area contributed by atoms with Crippen molar-refractivity contribution in [2.45, 2.75) is 19.4 Å². The molecule has 0 radical (unpaired) electrons. The Labute approximate surface area is 199 Å². The first-order valence-corrected chi connectivity index (χ1v) is 11.0. The molecule has 3 rings (SSSR count). The number of methoxy groups -OCH3 is 2. The molecule has 34 heavy (non-hydrogen) atoms. The molecule has 3 aromatic rings. The molecule has 0 atom stereocenters. The number of nitrogens with one attached hydrogen (secondary N) is 1. The summed E-state index contributed by atoms with van der Waals surface area (Å²) >= 11 is 0. The summed E-state index contributed by atoms with van der Waals surface area (Å²) < 4.78 is 21.0. The number of carbonyl (C=O) groups is 2. The summed E-state index contributed by atoms with van der Waals surface area (Å²) in [5, 5.41) is 2.93. The number of hydrogen-bond acceptors (Lipinski definition) is 6. The van der Waals surface area contributed by atoms with Crippen molar-refractivity contribution < 1.29 is 28.5 Å². The largest absolute Gasteiger partial charge is 0.497 e. The number of benzene rings is 3. The Kier molecular flexibility index (Phi) is 8.91. The predicted octanol–water partition coefficient (Wildman–Crippen LogP) is 4.09. The van der Waals surface area contributed by atoms with Gasteiger partial charge in [0.05, 0.1) is 20.3 Å². The van der Waals surface area contributed by atoms with Gasteiger partial charge >= 0.3 is 5.97 Å². The van der Waals surface area contributed by atoms with E-state index >= 15 is 0 Å². The van der Waals surface area contributed by atoms with Crippen molar-refractivity contribution in [3.8, 4) is 17.2 Å². The molecule has 0 aromatic heterocycles. The van der Waals surface area contributed by atoms with Gasteiger partial charge in [0.25, 0.3) is 5.91 Å². The number of carbonyl (C=O) groups excluding carboxylic acids is 2. The molecule has 0 aliphatic carbocycles. The lowest BCUT2D eigenvalue weighted by atomic mass is 9.98. The molecule has 0 spiro atoms. The van der Waals surface area contributed by atoms with E-state index in [1.165, 1.54) is 5.56 Å². The molecule has 0 fully saturated rings. The molecular weight excluding hydrogens is 434 g/mol. The van der Waals surface area contributed by atoms with Gasteiger partial charge in [-0.1, -0.05) is 43.3 Å². The van der Waals surface area contributed by atoms with Gasteiger partial charge in [-0.2, -0.15) is 0 Å². The van der Waals surface area contributed by atoms with Crippen molar-refractivity contribution >= 4 is 11.9 Å². The monoisotopic (exact) mass is 463 g/mol. The first-order valence-electron chi connectivity index (χ1n) is 11.0. The number of amides is 1. The lowest BCUT2D eigenvalue weighted by molar-refractivity contribution is -0.150. The minimum absolute atomic E-state index is 0.279. The van der Waals surface area contributed by atoms with Crippen LogP contribution in [0.4, 0.5) is 0 Å². The molecule has 0 bridgehead atoms. The predicted molar refractivity (Wildman–Crippen MR) is 128 cm³/mol. The fourth-order valence-electron chi connectivity index (χ4n) is 3.31. The van der Waals surface area contributed by atoms with Crippen LogP contribution < -0.4 is 19.5 Å². The smallest absolute Gasteiger partial charge is 0.344 e. The van der Waals surface area contributed by atoms with Gasteiger partial charge in [-0.05, 0) is 59.5 Å². The number of aryl methyl sites for hydroxylation is 1. The summed E-state index contributed by atoms with van der Waals surface area (Å²) in [7, 11) is 3.19. The molecule has 0 unspecified atom stereocenters. The van der Waals surface area contributed by atoms with Crippen LogP contribution in [-0.4, -0.2) is 39.3 Å². The number of hydrogen-bond donors (Lipinski definition) is 1. The fraction of sp³-hybridized carbons (Fsp3) is 0.259. The van der Waals surface area contributed by atoms with Crippen molar-refractivity contribution in [1.29, 1.82) is 0 Å². The van der Waals surface area contributed by atoms with E-state index in [-0.39, 0.29) is 6.61 Å². The normalized spacial score (nSPS) is 10.5. The second-order valence-electron chi connectivity index (χ2n) is 7.49. The second kappa shape index (κ2) is 12.3. The summed E-state index contributed by atoms with van der Waals surface area (Å²) in [6, 6.07) is 21.8. The topological polar surface area (TPSA) is 83.1 Å². The van der Waals surface area contributed by atoms with Crippen LogP contribution in [0.2, 0.25) is 0 Å². The highest BCUT2D eigenvalue weighted by atomic mass is 16.6. The lowest BCUT2D eigenvalue weighted by Crippen LogP contribution is -2.33. The van der Waals surface area contributed by atoms with Gasteiger partial charge in [-0.25, -0.2) is 4.79 Å². The van der Waals surface area contributed by atoms with Crippen molar-refractivity contribution in [2.24, 2.45) is 0 Å². The highest BCUT2D eigenvalue weighted by Gasteiger charge is 2.18. The van der Waals surface area contributed by atoms with Gasteiger partial charge in [0.1, 0.15) is 17.2 Å². The Morgan fingerprint density at radius 3 is 1.71 bits per heavy atom. The third-order valence-electron chi connectivity index (χ3n) is 5.26. The van der Waals surface area contributed by atoms with E-state index in [2.05, 4.69) is 12.2 Å². The van der Waals surface area contributed by atoms with Gasteiger partial charge in [0.2, 0.25) is 0 Å². The Balaban J connectivity index is 1.59. The van der Waals surface area contributed by atoms with E-state index in [0.717, 1.165) is 17.5 Å². The number of ether oxygens (including phenoxy) is 4. The molecular formula is C27H29NO6. The lowest BCUT2D eigenvalue weighted by Gasteiger charge is -2.20. The van der Waals surface area contributed by atoms with Crippen molar-refractivity contribution in [1.82, 2.24) is 5.32 Å². The zero-order chi connectivity index (χ0) is 24.3. The highest BCUT2D eigenvalue weighted by molar-refractivity contribution is 5.81. The summed E-state index contributed by atoms with van der Waals surface area (Å²) in [5.74, 6) is 0.929. The maximum Gasteiger partial charge on any atom is 0.344 e. The molecule has 7 nitrogen and oxygen atoms in total. The average Bonchev–Trinajstić information content (AvgIpc) is 2.89. The molecule has 1 N–H and O–H groups in total. The SMILES string of the molecule is CCc1ccc(OCC(=O)OCC(=O)NC(c2ccc(OC)cc2)c2ccc(OC)cc2)cc1. The van der Waals surface area contributed by atoms with Crippen LogP contribution in [0.25, 0.3) is 0 Å².